The van der Waals surface area contributed by atoms with Gasteiger partial charge in [-0.1, -0.05) is 55.2 Å². The number of halogens is 2. The number of hydrogen-bond acceptors (Lipinski definition) is 4. The predicted octanol–water partition coefficient (Wildman–Crippen LogP) is 7.24. The van der Waals surface area contributed by atoms with E-state index in [2.05, 4.69) is 23.7 Å². The first kappa shape index (κ1) is 26.3. The molecule has 1 aliphatic heterocycles. The molecule has 2 aromatic carbocycles. The van der Waals surface area contributed by atoms with Gasteiger partial charge in [0, 0.05) is 52.6 Å². The molecule has 0 aliphatic carbocycles. The Balaban J connectivity index is 1.57. The van der Waals surface area contributed by atoms with Crippen molar-refractivity contribution < 1.29 is 14.6 Å². The first-order valence-corrected chi connectivity index (χ1v) is 13.0. The molecule has 0 radical (unpaired) electrons. The number of hydrogen-bond donors (Lipinski definition) is 1. The number of ether oxygens (including phenoxy) is 1. The van der Waals surface area contributed by atoms with Crippen molar-refractivity contribution in [3.63, 3.8) is 0 Å². The fraction of sp³-hybridized carbons (Fsp3) is 0.379. The molecule has 1 aliphatic rings. The van der Waals surface area contributed by atoms with Gasteiger partial charge in [-0.25, -0.2) is 0 Å². The van der Waals surface area contributed by atoms with Crippen LogP contribution in [0.25, 0.3) is 11.1 Å². The lowest BCUT2D eigenvalue weighted by Crippen LogP contribution is -2.38. The number of rotatable bonds is 8. The SMILES string of the molecule is Cc1ncc(-c2ccc(OCCc3c(Cl)cccc3Cl)cc2)c(N2CCC(C)(C)CC2)c1CC(=O)O. The molecule has 2 heterocycles. The second-order valence-electron chi connectivity index (χ2n) is 10.1. The fourth-order valence-electron chi connectivity index (χ4n) is 4.68. The van der Waals surface area contributed by atoms with Crippen LogP contribution in [0.3, 0.4) is 0 Å². The lowest BCUT2D eigenvalue weighted by molar-refractivity contribution is -0.136. The summed E-state index contributed by atoms with van der Waals surface area (Å²) >= 11 is 12.5. The number of aryl methyl sites for hydroxylation is 1. The molecule has 0 saturated carbocycles. The maximum absolute atomic E-state index is 11.7. The molecule has 1 aromatic heterocycles. The van der Waals surface area contributed by atoms with E-state index >= 15 is 0 Å². The highest BCUT2D eigenvalue weighted by Crippen LogP contribution is 2.40. The third-order valence-electron chi connectivity index (χ3n) is 6.97. The maximum atomic E-state index is 11.7. The third kappa shape index (κ3) is 6.13. The Bertz CT molecular complexity index is 1210. The van der Waals surface area contributed by atoms with Gasteiger partial charge >= 0.3 is 5.97 Å². The standard InChI is InChI=1S/C29H32Cl2N2O3/c1-19-23(17-27(34)35)28(33-14-12-29(2,3)13-15-33)24(18-32-19)20-7-9-21(10-8-20)36-16-11-22-25(30)5-4-6-26(22)31/h4-10,18H,11-17H2,1-3H3,(H,34,35). The predicted molar refractivity (Wildman–Crippen MR) is 147 cm³/mol. The van der Waals surface area contributed by atoms with Gasteiger partial charge in [-0.2, -0.15) is 0 Å². The third-order valence-corrected chi connectivity index (χ3v) is 7.68. The van der Waals surface area contributed by atoms with Gasteiger partial charge in [-0.3, -0.25) is 9.78 Å². The van der Waals surface area contributed by atoms with Crippen LogP contribution in [0.15, 0.2) is 48.7 Å². The number of anilines is 1. The highest BCUT2D eigenvalue weighted by Gasteiger charge is 2.29. The largest absolute Gasteiger partial charge is 0.493 e. The van der Waals surface area contributed by atoms with E-state index in [1.54, 1.807) is 0 Å². The number of nitrogens with zero attached hydrogens (tertiary/aromatic N) is 2. The number of carboxylic acid groups (broad SMARTS) is 1. The molecule has 36 heavy (non-hydrogen) atoms. The molecule has 4 rings (SSSR count). The summed E-state index contributed by atoms with van der Waals surface area (Å²) in [5, 5.41) is 10.9. The Labute approximate surface area is 223 Å². The molecule has 1 N–H and O–H groups in total. The number of aliphatic carboxylic acids is 1. The molecule has 0 amide bonds. The monoisotopic (exact) mass is 526 g/mol. The second kappa shape index (κ2) is 11.1. The van der Waals surface area contributed by atoms with Crippen LogP contribution in [-0.4, -0.2) is 35.8 Å². The van der Waals surface area contributed by atoms with Crippen molar-refractivity contribution in [1.82, 2.24) is 4.98 Å². The van der Waals surface area contributed by atoms with E-state index in [9.17, 15) is 9.90 Å². The fourth-order valence-corrected chi connectivity index (χ4v) is 5.26. The van der Waals surface area contributed by atoms with E-state index in [1.165, 1.54) is 0 Å². The van der Waals surface area contributed by atoms with Crippen molar-refractivity contribution in [2.75, 3.05) is 24.6 Å². The van der Waals surface area contributed by atoms with Crippen LogP contribution >= 0.6 is 23.2 Å². The molecule has 1 saturated heterocycles. The minimum Gasteiger partial charge on any atom is -0.493 e. The Morgan fingerprint density at radius 2 is 1.69 bits per heavy atom. The van der Waals surface area contributed by atoms with Crippen molar-refractivity contribution in [2.24, 2.45) is 5.41 Å². The summed E-state index contributed by atoms with van der Waals surface area (Å²) in [5.74, 6) is -0.105. The van der Waals surface area contributed by atoms with Crippen molar-refractivity contribution >= 4 is 34.9 Å². The molecular weight excluding hydrogens is 495 g/mol. The average Bonchev–Trinajstić information content (AvgIpc) is 2.83. The minimum absolute atomic E-state index is 0.0479. The molecule has 0 spiro atoms. The zero-order valence-corrected chi connectivity index (χ0v) is 22.5. The number of aromatic nitrogens is 1. The molecule has 0 atom stereocenters. The average molecular weight is 527 g/mol. The first-order valence-electron chi connectivity index (χ1n) is 12.3. The zero-order valence-electron chi connectivity index (χ0n) is 21.0. The Kier molecular flexibility index (Phi) is 8.11. The number of benzene rings is 2. The van der Waals surface area contributed by atoms with Gasteiger partial charge in [-0.15, -0.1) is 0 Å². The van der Waals surface area contributed by atoms with E-state index in [4.69, 9.17) is 27.9 Å². The highest BCUT2D eigenvalue weighted by atomic mass is 35.5. The molecular formula is C29H32Cl2N2O3. The van der Waals surface area contributed by atoms with Gasteiger partial charge in [0.2, 0.25) is 0 Å². The van der Waals surface area contributed by atoms with Gasteiger partial charge in [0.15, 0.2) is 0 Å². The number of carbonyl (C=O) groups is 1. The zero-order chi connectivity index (χ0) is 25.9. The van der Waals surface area contributed by atoms with Gasteiger partial charge in [0.1, 0.15) is 5.75 Å². The van der Waals surface area contributed by atoms with E-state index in [-0.39, 0.29) is 6.42 Å². The number of piperidine rings is 1. The topological polar surface area (TPSA) is 62.7 Å². The van der Waals surface area contributed by atoms with Gasteiger partial charge in [-0.05, 0) is 60.6 Å². The van der Waals surface area contributed by atoms with Crippen LogP contribution in [0, 0.1) is 12.3 Å². The van der Waals surface area contributed by atoms with Crippen molar-refractivity contribution in [1.29, 1.82) is 0 Å². The van der Waals surface area contributed by atoms with Gasteiger partial charge < -0.3 is 14.7 Å². The van der Waals surface area contributed by atoms with Crippen LogP contribution in [-0.2, 0) is 17.6 Å². The van der Waals surface area contributed by atoms with Crippen LogP contribution in [0.4, 0.5) is 5.69 Å². The van der Waals surface area contributed by atoms with Crippen molar-refractivity contribution in [2.45, 2.75) is 46.5 Å². The van der Waals surface area contributed by atoms with E-state index in [0.29, 0.717) is 28.5 Å². The summed E-state index contributed by atoms with van der Waals surface area (Å²) < 4.78 is 5.95. The van der Waals surface area contributed by atoms with E-state index in [0.717, 1.165) is 65.3 Å². The van der Waals surface area contributed by atoms with Crippen molar-refractivity contribution in [3.05, 3.63) is 75.5 Å². The molecule has 3 aromatic rings. The number of pyridine rings is 1. The lowest BCUT2D eigenvalue weighted by atomic mass is 9.82. The normalized spacial score (nSPS) is 15.1. The number of carboxylic acids is 1. The smallest absolute Gasteiger partial charge is 0.307 e. The van der Waals surface area contributed by atoms with Crippen molar-refractivity contribution in [3.8, 4) is 16.9 Å². The molecule has 0 bridgehead atoms. The van der Waals surface area contributed by atoms with E-state index < -0.39 is 5.97 Å². The van der Waals surface area contributed by atoms with Crippen LogP contribution in [0.1, 0.15) is 43.5 Å². The second-order valence-corrected chi connectivity index (χ2v) is 10.9. The Hall–Kier alpha value is -2.76. The Morgan fingerprint density at radius 3 is 2.31 bits per heavy atom. The molecule has 7 heteroatoms. The summed E-state index contributed by atoms with van der Waals surface area (Å²) in [7, 11) is 0. The van der Waals surface area contributed by atoms with Crippen LogP contribution < -0.4 is 9.64 Å². The highest BCUT2D eigenvalue weighted by molar-refractivity contribution is 6.36. The first-order chi connectivity index (χ1) is 17.1. The lowest BCUT2D eigenvalue weighted by Gasteiger charge is -2.40. The van der Waals surface area contributed by atoms with Gasteiger partial charge in [0.05, 0.1) is 18.7 Å². The molecule has 190 valence electrons. The van der Waals surface area contributed by atoms with Gasteiger partial charge in [0.25, 0.3) is 0 Å². The minimum atomic E-state index is -0.849. The summed E-state index contributed by atoms with van der Waals surface area (Å²) in [5.41, 5.74) is 5.64. The quantitative estimate of drug-likeness (QED) is 0.335. The summed E-state index contributed by atoms with van der Waals surface area (Å²) in [6.45, 7) is 8.71. The summed E-state index contributed by atoms with van der Waals surface area (Å²) in [6, 6.07) is 13.4. The van der Waals surface area contributed by atoms with Crippen LogP contribution in [0.5, 0.6) is 5.75 Å². The van der Waals surface area contributed by atoms with E-state index in [1.807, 2.05) is 55.6 Å². The molecule has 1 fully saturated rings. The molecule has 0 unspecified atom stereocenters. The summed E-state index contributed by atoms with van der Waals surface area (Å²) in [6.07, 6.45) is 4.54. The van der Waals surface area contributed by atoms with Crippen LogP contribution in [0.2, 0.25) is 10.0 Å². The maximum Gasteiger partial charge on any atom is 0.307 e. The Morgan fingerprint density at radius 1 is 1.06 bits per heavy atom. The molecule has 5 nitrogen and oxygen atoms in total. The summed E-state index contributed by atoms with van der Waals surface area (Å²) in [4.78, 5) is 18.6.